The van der Waals surface area contributed by atoms with Crippen LogP contribution in [0, 0.1) is 0 Å². The van der Waals surface area contributed by atoms with Crippen LogP contribution in [0.25, 0.3) is 0 Å². The van der Waals surface area contributed by atoms with Gasteiger partial charge in [0.1, 0.15) is 5.75 Å². The number of carbonyl (C=O) groups excluding carboxylic acids is 3. The first-order chi connectivity index (χ1) is 14.9. The van der Waals surface area contributed by atoms with Crippen molar-refractivity contribution in [1.82, 2.24) is 9.88 Å². The highest BCUT2D eigenvalue weighted by atomic mass is 32.1. The minimum Gasteiger partial charge on any atom is -0.476 e. The lowest BCUT2D eigenvalue weighted by Crippen LogP contribution is -2.50. The number of fused-ring (bicyclic) bond motifs is 1. The Hall–Kier alpha value is -3.66. The maximum atomic E-state index is 13.1. The number of hydrogen-bond acceptors (Lipinski definition) is 7. The average Bonchev–Trinajstić information content (AvgIpc) is 3.44. The van der Waals surface area contributed by atoms with Crippen molar-refractivity contribution in [3.63, 3.8) is 0 Å². The number of thiazole rings is 1. The zero-order valence-corrected chi connectivity index (χ0v) is 17.7. The standard InChI is InChI=1S/C21H20N4O5S/c1-24(2)20(28)17-11-25(14-6-3-4-7-15(14)30-17)18(26)10-13-12-31-21(22-13)23-19(27)16-8-5-9-29-16/h3-9,12,17H,10-11H2,1-2H3,(H,22,23,27)/t17-/m1/s1. The molecule has 0 radical (unpaired) electrons. The fourth-order valence-corrected chi connectivity index (χ4v) is 3.85. The minimum atomic E-state index is -0.785. The second-order valence-corrected chi connectivity index (χ2v) is 7.92. The van der Waals surface area contributed by atoms with E-state index in [1.54, 1.807) is 54.7 Å². The van der Waals surface area contributed by atoms with Crippen molar-refractivity contribution in [1.29, 1.82) is 0 Å². The Morgan fingerprint density at radius 3 is 2.77 bits per heavy atom. The number of aromatic nitrogens is 1. The van der Waals surface area contributed by atoms with Crippen molar-refractivity contribution in [3.8, 4) is 5.75 Å². The maximum Gasteiger partial charge on any atom is 0.293 e. The highest BCUT2D eigenvalue weighted by Crippen LogP contribution is 2.34. The number of anilines is 2. The van der Waals surface area contributed by atoms with Crippen LogP contribution in [-0.2, 0) is 16.0 Å². The molecule has 3 amide bonds. The van der Waals surface area contributed by atoms with Crippen LogP contribution in [0.1, 0.15) is 16.2 Å². The number of furan rings is 1. The molecule has 4 rings (SSSR count). The summed E-state index contributed by atoms with van der Waals surface area (Å²) in [6.45, 7) is 0.110. The van der Waals surface area contributed by atoms with Crippen LogP contribution in [-0.4, -0.2) is 54.3 Å². The predicted octanol–water partition coefficient (Wildman–Crippen LogP) is 2.41. The molecular formula is C21H20N4O5S. The van der Waals surface area contributed by atoms with Crippen LogP contribution in [0.4, 0.5) is 10.8 Å². The molecule has 3 aromatic rings. The Bertz CT molecular complexity index is 1110. The lowest BCUT2D eigenvalue weighted by Gasteiger charge is -2.35. The van der Waals surface area contributed by atoms with Gasteiger partial charge in [0.05, 0.1) is 30.6 Å². The van der Waals surface area contributed by atoms with Gasteiger partial charge >= 0.3 is 0 Å². The number of amides is 3. The lowest BCUT2D eigenvalue weighted by atomic mass is 10.1. The highest BCUT2D eigenvalue weighted by Gasteiger charge is 2.34. The SMILES string of the molecule is CN(C)C(=O)[C@H]1CN(C(=O)Cc2csc(NC(=O)c3ccco3)n2)c2ccccc2O1. The van der Waals surface area contributed by atoms with Crippen LogP contribution in [0.2, 0.25) is 0 Å². The molecule has 10 heteroatoms. The molecule has 1 atom stereocenters. The molecule has 3 heterocycles. The van der Waals surface area contributed by atoms with Crippen LogP contribution < -0.4 is 15.0 Å². The molecule has 0 aliphatic carbocycles. The molecule has 0 saturated heterocycles. The van der Waals surface area contributed by atoms with Gasteiger partial charge in [-0.15, -0.1) is 11.3 Å². The Labute approximate surface area is 182 Å². The van der Waals surface area contributed by atoms with Crippen molar-refractivity contribution in [2.75, 3.05) is 30.9 Å². The molecule has 0 unspecified atom stereocenters. The van der Waals surface area contributed by atoms with Crippen molar-refractivity contribution in [3.05, 3.63) is 59.5 Å². The van der Waals surface area contributed by atoms with Crippen molar-refractivity contribution in [2.45, 2.75) is 12.5 Å². The zero-order chi connectivity index (χ0) is 22.0. The van der Waals surface area contributed by atoms with E-state index < -0.39 is 12.0 Å². The normalized spacial score (nSPS) is 15.0. The summed E-state index contributed by atoms with van der Waals surface area (Å²) in [5.41, 5.74) is 1.13. The number of nitrogens with zero attached hydrogens (tertiary/aromatic N) is 3. The van der Waals surface area contributed by atoms with E-state index in [0.717, 1.165) is 0 Å². The summed E-state index contributed by atoms with van der Waals surface area (Å²) < 4.78 is 10.9. The summed E-state index contributed by atoms with van der Waals surface area (Å²) >= 11 is 1.22. The fraction of sp³-hybridized carbons (Fsp3) is 0.238. The van der Waals surface area contributed by atoms with E-state index in [9.17, 15) is 14.4 Å². The topological polar surface area (TPSA) is 105 Å². The summed E-state index contributed by atoms with van der Waals surface area (Å²) in [7, 11) is 3.29. The summed E-state index contributed by atoms with van der Waals surface area (Å²) in [5.74, 6) is -0.198. The van der Waals surface area contributed by atoms with Crippen molar-refractivity contribution < 1.29 is 23.5 Å². The van der Waals surface area contributed by atoms with E-state index in [0.29, 0.717) is 22.3 Å². The molecule has 31 heavy (non-hydrogen) atoms. The first-order valence-electron chi connectivity index (χ1n) is 9.49. The van der Waals surface area contributed by atoms with Gasteiger partial charge in [0.2, 0.25) is 5.91 Å². The van der Waals surface area contributed by atoms with Gasteiger partial charge < -0.3 is 19.0 Å². The number of benzene rings is 1. The molecule has 0 bridgehead atoms. The van der Waals surface area contributed by atoms with E-state index >= 15 is 0 Å². The molecule has 9 nitrogen and oxygen atoms in total. The largest absolute Gasteiger partial charge is 0.476 e. The molecule has 160 valence electrons. The molecule has 1 aliphatic rings. The van der Waals surface area contributed by atoms with E-state index in [-0.39, 0.29) is 30.5 Å². The maximum absolute atomic E-state index is 13.1. The molecule has 0 saturated carbocycles. The smallest absolute Gasteiger partial charge is 0.293 e. The van der Waals surface area contributed by atoms with Crippen LogP contribution in [0.3, 0.4) is 0 Å². The Kier molecular flexibility index (Phi) is 5.72. The first-order valence-corrected chi connectivity index (χ1v) is 10.4. The van der Waals surface area contributed by atoms with E-state index in [1.165, 1.54) is 22.5 Å². The molecular weight excluding hydrogens is 420 g/mol. The van der Waals surface area contributed by atoms with Gasteiger partial charge in [0.25, 0.3) is 11.8 Å². The number of nitrogens with one attached hydrogen (secondary N) is 1. The molecule has 1 aliphatic heterocycles. The number of likely N-dealkylation sites (N-methyl/N-ethyl adjacent to an activating group) is 1. The summed E-state index contributed by atoms with van der Waals surface area (Å²) in [6.07, 6.45) is 0.645. The molecule has 1 aromatic carbocycles. The van der Waals surface area contributed by atoms with E-state index in [2.05, 4.69) is 10.3 Å². The number of para-hydroxylation sites is 2. The third kappa shape index (κ3) is 4.43. The van der Waals surface area contributed by atoms with E-state index in [4.69, 9.17) is 9.15 Å². The number of rotatable bonds is 5. The quantitative estimate of drug-likeness (QED) is 0.653. The van der Waals surface area contributed by atoms with Gasteiger partial charge in [0.15, 0.2) is 17.0 Å². The summed E-state index contributed by atoms with van der Waals surface area (Å²) in [5, 5.41) is 4.73. The number of ether oxygens (including phenoxy) is 1. The molecule has 2 aromatic heterocycles. The van der Waals surface area contributed by atoms with Crippen LogP contribution >= 0.6 is 11.3 Å². The Morgan fingerprint density at radius 1 is 1.23 bits per heavy atom. The fourth-order valence-electron chi connectivity index (χ4n) is 3.15. The number of carbonyl (C=O) groups is 3. The average molecular weight is 440 g/mol. The van der Waals surface area contributed by atoms with Crippen molar-refractivity contribution in [2.24, 2.45) is 0 Å². The summed E-state index contributed by atoms with van der Waals surface area (Å²) in [4.78, 5) is 44.9. The van der Waals surface area contributed by atoms with Gasteiger partial charge in [-0.3, -0.25) is 19.7 Å². The molecule has 1 N–H and O–H groups in total. The first kappa shape index (κ1) is 20.6. The number of hydrogen-bond donors (Lipinski definition) is 1. The molecule has 0 fully saturated rings. The zero-order valence-electron chi connectivity index (χ0n) is 16.9. The van der Waals surface area contributed by atoms with Gasteiger partial charge in [-0.05, 0) is 24.3 Å². The third-order valence-corrected chi connectivity index (χ3v) is 5.45. The Balaban J connectivity index is 1.48. The van der Waals surface area contributed by atoms with Gasteiger partial charge in [-0.1, -0.05) is 12.1 Å². The Morgan fingerprint density at radius 2 is 2.03 bits per heavy atom. The van der Waals surface area contributed by atoms with Gasteiger partial charge in [-0.2, -0.15) is 0 Å². The third-order valence-electron chi connectivity index (χ3n) is 4.64. The lowest BCUT2D eigenvalue weighted by molar-refractivity contribution is -0.136. The summed E-state index contributed by atoms with van der Waals surface area (Å²) in [6, 6.07) is 10.3. The van der Waals surface area contributed by atoms with Gasteiger partial charge in [0, 0.05) is 19.5 Å². The second-order valence-electron chi connectivity index (χ2n) is 7.06. The molecule has 0 spiro atoms. The predicted molar refractivity (Wildman–Crippen MR) is 114 cm³/mol. The highest BCUT2D eigenvalue weighted by molar-refractivity contribution is 7.14. The van der Waals surface area contributed by atoms with E-state index in [1.807, 2.05) is 6.07 Å². The van der Waals surface area contributed by atoms with Crippen molar-refractivity contribution >= 4 is 39.9 Å². The minimum absolute atomic E-state index is 0.0182. The van der Waals surface area contributed by atoms with Gasteiger partial charge in [-0.25, -0.2) is 4.98 Å². The van der Waals surface area contributed by atoms with Crippen LogP contribution in [0.5, 0.6) is 5.75 Å². The monoisotopic (exact) mass is 440 g/mol. The van der Waals surface area contributed by atoms with Crippen LogP contribution in [0.15, 0.2) is 52.5 Å². The second kappa shape index (κ2) is 8.60.